The number of ether oxygens (including phenoxy) is 1. The molecule has 3 fully saturated rings. The van der Waals surface area contributed by atoms with E-state index < -0.39 is 6.23 Å². The Hall–Kier alpha value is -2.65. The summed E-state index contributed by atoms with van der Waals surface area (Å²) in [6, 6.07) is 2.44. The highest BCUT2D eigenvalue weighted by Gasteiger charge is 2.26. The van der Waals surface area contributed by atoms with E-state index in [1.165, 1.54) is 0 Å². The second kappa shape index (κ2) is 7.06. The van der Waals surface area contributed by atoms with Crippen LogP contribution in [0.5, 0.6) is 0 Å². The summed E-state index contributed by atoms with van der Waals surface area (Å²) in [5.41, 5.74) is 1.94. The Labute approximate surface area is 162 Å². The summed E-state index contributed by atoms with van der Waals surface area (Å²) in [7, 11) is 0. The molecule has 0 aromatic carbocycles. The number of fused-ring (bicyclic) bond motifs is 1. The van der Waals surface area contributed by atoms with E-state index in [0.29, 0.717) is 23.8 Å². The zero-order chi connectivity index (χ0) is 19.1. The maximum absolute atomic E-state index is 12.0. The van der Waals surface area contributed by atoms with Gasteiger partial charge in [0.1, 0.15) is 17.9 Å². The van der Waals surface area contributed by atoms with E-state index in [2.05, 4.69) is 21.0 Å². The molecule has 2 saturated heterocycles. The zero-order valence-electron chi connectivity index (χ0n) is 15.5. The molecule has 1 amide bonds. The number of carbonyl (C=O) groups is 1. The molecule has 2 aromatic heterocycles. The fourth-order valence-corrected chi connectivity index (χ4v) is 3.64. The lowest BCUT2D eigenvalue weighted by Gasteiger charge is -2.14. The lowest BCUT2D eigenvalue weighted by Crippen LogP contribution is -2.24. The number of aliphatic hydroxyl groups excluding tert-OH is 1. The molecule has 3 aliphatic rings. The number of nitrogens with one attached hydrogen (secondary N) is 3. The molecular weight excluding hydrogens is 360 g/mol. The van der Waals surface area contributed by atoms with Gasteiger partial charge >= 0.3 is 0 Å². The highest BCUT2D eigenvalue weighted by molar-refractivity contribution is 6.00. The normalized spacial score (nSPS) is 26.2. The van der Waals surface area contributed by atoms with Crippen LogP contribution in [0.15, 0.2) is 17.8 Å². The standard InChI is InChI=1S/C19H24N6O3/c26-17-7-11(19(27)24-17)6-12-9-21-25-16(22-13-3-4-13)8-15(23-18(12)25)20-10-14-2-1-5-28-14/h6,8-9,13-14,17,22,26H,1-5,7,10H2,(H,20,23)(H,24,27). The van der Waals surface area contributed by atoms with E-state index in [9.17, 15) is 9.90 Å². The van der Waals surface area contributed by atoms with Crippen molar-refractivity contribution in [3.05, 3.63) is 23.4 Å². The van der Waals surface area contributed by atoms with Crippen LogP contribution in [0.1, 0.15) is 37.7 Å². The largest absolute Gasteiger partial charge is 0.376 e. The third-order valence-electron chi connectivity index (χ3n) is 5.30. The number of anilines is 2. The second-order valence-electron chi connectivity index (χ2n) is 7.66. The van der Waals surface area contributed by atoms with Gasteiger partial charge in [0.05, 0.1) is 12.3 Å². The minimum atomic E-state index is -0.829. The molecular formula is C19H24N6O3. The van der Waals surface area contributed by atoms with Crippen molar-refractivity contribution in [3.8, 4) is 0 Å². The molecule has 0 bridgehead atoms. The third-order valence-corrected chi connectivity index (χ3v) is 5.30. The number of hydrogen-bond donors (Lipinski definition) is 4. The first-order valence-electron chi connectivity index (χ1n) is 9.86. The van der Waals surface area contributed by atoms with Crippen LogP contribution in [0.4, 0.5) is 11.6 Å². The van der Waals surface area contributed by atoms with Crippen molar-refractivity contribution in [1.29, 1.82) is 0 Å². The van der Waals surface area contributed by atoms with Gasteiger partial charge in [-0.1, -0.05) is 0 Å². The molecule has 0 spiro atoms. The molecule has 0 radical (unpaired) electrons. The molecule has 28 heavy (non-hydrogen) atoms. The van der Waals surface area contributed by atoms with E-state index in [1.807, 2.05) is 6.07 Å². The van der Waals surface area contributed by atoms with E-state index >= 15 is 0 Å². The van der Waals surface area contributed by atoms with E-state index in [0.717, 1.165) is 49.5 Å². The van der Waals surface area contributed by atoms with Gasteiger partial charge in [0.25, 0.3) is 0 Å². The molecule has 9 heteroatoms. The molecule has 4 N–H and O–H groups in total. The number of aromatic nitrogens is 3. The van der Waals surface area contributed by atoms with Gasteiger partial charge in [0.15, 0.2) is 5.65 Å². The van der Waals surface area contributed by atoms with E-state index in [4.69, 9.17) is 9.72 Å². The van der Waals surface area contributed by atoms with Crippen molar-refractivity contribution in [2.75, 3.05) is 23.8 Å². The molecule has 9 nitrogen and oxygen atoms in total. The smallest absolute Gasteiger partial charge is 0.249 e. The molecule has 2 atom stereocenters. The van der Waals surface area contributed by atoms with Crippen molar-refractivity contribution < 1.29 is 14.6 Å². The Morgan fingerprint density at radius 2 is 2.29 bits per heavy atom. The van der Waals surface area contributed by atoms with E-state index in [1.54, 1.807) is 16.8 Å². The van der Waals surface area contributed by atoms with Crippen molar-refractivity contribution in [2.45, 2.75) is 50.5 Å². The Morgan fingerprint density at radius 3 is 3.00 bits per heavy atom. The van der Waals surface area contributed by atoms with Crippen molar-refractivity contribution in [3.63, 3.8) is 0 Å². The van der Waals surface area contributed by atoms with Gasteiger partial charge < -0.3 is 25.8 Å². The molecule has 2 aromatic rings. The Bertz CT molecular complexity index is 929. The molecule has 148 valence electrons. The monoisotopic (exact) mass is 384 g/mol. The number of carbonyl (C=O) groups excluding carboxylic acids is 1. The third kappa shape index (κ3) is 3.55. The number of rotatable bonds is 6. The molecule has 4 heterocycles. The average Bonchev–Trinajstić information content (AvgIpc) is 3.05. The number of amides is 1. The van der Waals surface area contributed by atoms with Crippen molar-refractivity contribution in [1.82, 2.24) is 19.9 Å². The SMILES string of the molecule is O=C1NC(O)CC1=Cc1cnn2c(NC3CC3)cc(NCC3CCCO3)nc12. The summed E-state index contributed by atoms with van der Waals surface area (Å²) in [6.07, 6.45) is 7.58. The minimum absolute atomic E-state index is 0.216. The minimum Gasteiger partial charge on any atom is -0.376 e. The van der Waals surface area contributed by atoms with Gasteiger partial charge in [0, 0.05) is 42.8 Å². The first-order chi connectivity index (χ1) is 13.7. The van der Waals surface area contributed by atoms with Crippen LogP contribution in [-0.2, 0) is 9.53 Å². The first-order valence-corrected chi connectivity index (χ1v) is 9.86. The molecule has 1 saturated carbocycles. The second-order valence-corrected chi connectivity index (χ2v) is 7.66. The van der Waals surface area contributed by atoms with Crippen LogP contribution in [-0.4, -0.2) is 57.1 Å². The van der Waals surface area contributed by atoms with Crippen molar-refractivity contribution in [2.24, 2.45) is 0 Å². The van der Waals surface area contributed by atoms with Crippen LogP contribution in [0.2, 0.25) is 0 Å². The summed E-state index contributed by atoms with van der Waals surface area (Å²) in [5.74, 6) is 1.38. The van der Waals surface area contributed by atoms with Gasteiger partial charge in [-0.15, -0.1) is 0 Å². The van der Waals surface area contributed by atoms with Gasteiger partial charge in [-0.05, 0) is 31.8 Å². The van der Waals surface area contributed by atoms with Crippen LogP contribution in [0.25, 0.3) is 11.7 Å². The topological polar surface area (TPSA) is 113 Å². The maximum atomic E-state index is 12.0. The Kier molecular flexibility index (Phi) is 4.40. The van der Waals surface area contributed by atoms with Gasteiger partial charge in [-0.25, -0.2) is 4.98 Å². The lowest BCUT2D eigenvalue weighted by atomic mass is 10.1. The fraction of sp³-hybridized carbons (Fsp3) is 0.526. The predicted octanol–water partition coefficient (Wildman–Crippen LogP) is 1.12. The quantitative estimate of drug-likeness (QED) is 0.552. The Balaban J connectivity index is 1.47. The summed E-state index contributed by atoms with van der Waals surface area (Å²) < 4.78 is 7.45. The summed E-state index contributed by atoms with van der Waals surface area (Å²) in [5, 5.41) is 23.5. The molecule has 5 rings (SSSR count). The highest BCUT2D eigenvalue weighted by Crippen LogP contribution is 2.28. The Morgan fingerprint density at radius 1 is 1.39 bits per heavy atom. The fourth-order valence-electron chi connectivity index (χ4n) is 3.64. The van der Waals surface area contributed by atoms with Crippen LogP contribution < -0.4 is 16.0 Å². The number of hydrogen-bond acceptors (Lipinski definition) is 7. The molecule has 2 unspecified atom stereocenters. The van der Waals surface area contributed by atoms with Gasteiger partial charge in [-0.2, -0.15) is 9.61 Å². The lowest BCUT2D eigenvalue weighted by molar-refractivity contribution is -0.117. The highest BCUT2D eigenvalue weighted by atomic mass is 16.5. The van der Waals surface area contributed by atoms with Gasteiger partial charge in [0.2, 0.25) is 5.91 Å². The average molecular weight is 384 g/mol. The predicted molar refractivity (Wildman–Crippen MR) is 104 cm³/mol. The van der Waals surface area contributed by atoms with Crippen molar-refractivity contribution >= 4 is 29.3 Å². The zero-order valence-corrected chi connectivity index (χ0v) is 15.5. The van der Waals surface area contributed by atoms with Crippen LogP contribution in [0, 0.1) is 0 Å². The summed E-state index contributed by atoms with van der Waals surface area (Å²) in [6.45, 7) is 1.53. The van der Waals surface area contributed by atoms with Crippen LogP contribution in [0.3, 0.4) is 0 Å². The maximum Gasteiger partial charge on any atom is 0.249 e. The van der Waals surface area contributed by atoms with Gasteiger partial charge in [-0.3, -0.25) is 4.79 Å². The first kappa shape index (κ1) is 17.4. The number of aliphatic hydroxyl groups is 1. The number of nitrogens with zero attached hydrogens (tertiary/aromatic N) is 3. The van der Waals surface area contributed by atoms with Crippen LogP contribution >= 0.6 is 0 Å². The summed E-state index contributed by atoms with van der Waals surface area (Å²) >= 11 is 0. The summed E-state index contributed by atoms with van der Waals surface area (Å²) in [4.78, 5) is 16.7. The molecule has 2 aliphatic heterocycles. The van der Waals surface area contributed by atoms with E-state index in [-0.39, 0.29) is 18.4 Å². The molecule has 1 aliphatic carbocycles.